The average molecular weight is 641 g/mol. The third-order valence-electron chi connectivity index (χ3n) is 9.34. The Morgan fingerprint density at radius 3 is 1.98 bits per heavy atom. The van der Waals surface area contributed by atoms with Gasteiger partial charge in [0.2, 0.25) is 0 Å². The summed E-state index contributed by atoms with van der Waals surface area (Å²) in [4.78, 5) is 0. The zero-order valence-corrected chi connectivity index (χ0v) is 25.9. The molecule has 0 aliphatic heterocycles. The Hall–Kier alpha value is -5.42. The van der Waals surface area contributed by atoms with Crippen LogP contribution in [0.3, 0.4) is 0 Å². The van der Waals surface area contributed by atoms with Crippen LogP contribution in [0.1, 0.15) is 46.2 Å². The van der Waals surface area contributed by atoms with Gasteiger partial charge in [0.15, 0.2) is 0 Å². The minimum Gasteiger partial charge on any atom is -0.313 e. The molecule has 0 N–H and O–H groups in total. The fraction of sp³-hybridized carbons (Fsp3) is 0.0732. The Morgan fingerprint density at radius 1 is 0.689 bits per heavy atom. The molecule has 0 unspecified atom stereocenters. The highest BCUT2D eigenvalue weighted by Gasteiger charge is 2.46. The van der Waals surface area contributed by atoms with E-state index in [4.69, 9.17) is 0 Å². The van der Waals surface area contributed by atoms with Crippen molar-refractivity contribution in [2.24, 2.45) is 0 Å². The molecule has 0 atom stereocenters. The Bertz CT molecular complexity index is 2290. The zero-order chi connectivity index (χ0) is 30.5. The molecular formula is C41H26BrN3. The van der Waals surface area contributed by atoms with E-state index < -0.39 is 5.41 Å². The third kappa shape index (κ3) is 3.93. The van der Waals surface area contributed by atoms with Gasteiger partial charge in [-0.25, -0.2) is 0 Å². The smallest absolute Gasteiger partial charge is 0.138 e. The number of rotatable bonds is 3. The molecule has 5 aromatic carbocycles. The summed E-state index contributed by atoms with van der Waals surface area (Å²) in [5.41, 5.74) is 9.92. The van der Waals surface area contributed by atoms with E-state index in [2.05, 4.69) is 154 Å². The maximum absolute atomic E-state index is 10.1. The molecule has 1 heterocycles. The number of benzene rings is 5. The first kappa shape index (κ1) is 27.2. The Morgan fingerprint density at radius 2 is 1.31 bits per heavy atom. The Balaban J connectivity index is 1.53. The minimum atomic E-state index is -0.711. The third-order valence-corrected chi connectivity index (χ3v) is 9.86. The van der Waals surface area contributed by atoms with Crippen molar-refractivity contribution in [3.05, 3.63) is 177 Å². The molecule has 2 aliphatic rings. The van der Waals surface area contributed by atoms with E-state index in [1.165, 1.54) is 27.5 Å². The molecule has 0 saturated carbocycles. The summed E-state index contributed by atoms with van der Waals surface area (Å²) in [5.74, 6) is 0. The summed E-state index contributed by atoms with van der Waals surface area (Å²) in [6, 6.07) is 45.1. The number of halogens is 1. The minimum absolute atomic E-state index is 0.118. The lowest BCUT2D eigenvalue weighted by atomic mass is 9.58. The van der Waals surface area contributed by atoms with Crippen molar-refractivity contribution in [1.29, 1.82) is 10.5 Å². The average Bonchev–Trinajstić information content (AvgIpc) is 3.43. The lowest BCUT2D eigenvalue weighted by molar-refractivity contribution is 0.732. The summed E-state index contributed by atoms with van der Waals surface area (Å²) in [5, 5.41) is 22.6. The molecule has 2 aliphatic carbocycles. The molecule has 1 aromatic heterocycles. The zero-order valence-electron chi connectivity index (χ0n) is 24.3. The highest BCUT2D eigenvalue weighted by atomic mass is 79.9. The van der Waals surface area contributed by atoms with Crippen LogP contribution in [0.2, 0.25) is 0 Å². The number of fused-ring (bicyclic) bond motifs is 5. The number of allylic oxidation sites excluding steroid dienone is 5. The van der Waals surface area contributed by atoms with Crippen molar-refractivity contribution in [3.8, 4) is 12.1 Å². The second kappa shape index (κ2) is 10.6. The first-order valence-corrected chi connectivity index (χ1v) is 15.9. The van der Waals surface area contributed by atoms with Crippen LogP contribution in [0.15, 0.2) is 144 Å². The lowest BCUT2D eigenvalue weighted by Gasteiger charge is -2.43. The molecule has 0 radical (unpaired) electrons. The van der Waals surface area contributed by atoms with Gasteiger partial charge in [-0.2, -0.15) is 10.5 Å². The van der Waals surface area contributed by atoms with Crippen LogP contribution in [0, 0.1) is 22.7 Å². The van der Waals surface area contributed by atoms with Crippen molar-refractivity contribution in [3.63, 3.8) is 0 Å². The number of nitrogens with zero attached hydrogens (tertiary/aromatic N) is 3. The van der Waals surface area contributed by atoms with Gasteiger partial charge in [-0.15, -0.1) is 0 Å². The molecule has 4 heteroatoms. The van der Waals surface area contributed by atoms with Gasteiger partial charge in [0.05, 0.1) is 16.4 Å². The molecule has 0 fully saturated rings. The first-order chi connectivity index (χ1) is 22.2. The molecule has 8 rings (SSSR count). The molecule has 6 aromatic rings. The number of aromatic nitrogens is 1. The second-order valence-corrected chi connectivity index (χ2v) is 12.4. The highest BCUT2D eigenvalue weighted by Crippen LogP contribution is 2.55. The van der Waals surface area contributed by atoms with Crippen LogP contribution in [0.25, 0.3) is 33.1 Å². The van der Waals surface area contributed by atoms with Gasteiger partial charge in [0.1, 0.15) is 17.7 Å². The quantitative estimate of drug-likeness (QED) is 0.181. The molecular weight excluding hydrogens is 614 g/mol. The maximum atomic E-state index is 10.1. The van der Waals surface area contributed by atoms with E-state index in [9.17, 15) is 10.5 Å². The van der Waals surface area contributed by atoms with Gasteiger partial charge in [0.25, 0.3) is 0 Å². The molecule has 0 bridgehead atoms. The molecule has 45 heavy (non-hydrogen) atoms. The van der Waals surface area contributed by atoms with Crippen LogP contribution in [0.4, 0.5) is 0 Å². The van der Waals surface area contributed by atoms with Crippen molar-refractivity contribution in [2.45, 2.75) is 18.3 Å². The van der Waals surface area contributed by atoms with Crippen molar-refractivity contribution in [1.82, 2.24) is 4.57 Å². The van der Waals surface area contributed by atoms with E-state index in [0.29, 0.717) is 5.57 Å². The van der Waals surface area contributed by atoms with E-state index in [1.54, 1.807) is 0 Å². The highest BCUT2D eigenvalue weighted by molar-refractivity contribution is 9.10. The van der Waals surface area contributed by atoms with Crippen molar-refractivity contribution >= 4 is 49.0 Å². The molecule has 212 valence electrons. The summed E-state index contributed by atoms with van der Waals surface area (Å²) >= 11 is 3.66. The monoisotopic (exact) mass is 639 g/mol. The normalized spacial score (nSPS) is 16.9. The fourth-order valence-electron chi connectivity index (χ4n) is 7.53. The molecule has 0 amide bonds. The van der Waals surface area contributed by atoms with E-state index in [-0.39, 0.29) is 5.57 Å². The summed E-state index contributed by atoms with van der Waals surface area (Å²) in [6.07, 6.45) is 8.64. The summed E-state index contributed by atoms with van der Waals surface area (Å²) < 4.78 is 3.42. The molecule has 3 nitrogen and oxygen atoms in total. The van der Waals surface area contributed by atoms with Crippen molar-refractivity contribution < 1.29 is 0 Å². The van der Waals surface area contributed by atoms with Gasteiger partial charge in [0, 0.05) is 26.5 Å². The number of para-hydroxylation sites is 1. The lowest BCUT2D eigenvalue weighted by Crippen LogP contribution is -2.36. The van der Waals surface area contributed by atoms with Crippen LogP contribution >= 0.6 is 15.9 Å². The van der Waals surface area contributed by atoms with E-state index in [1.807, 2.05) is 12.1 Å². The first-order valence-electron chi connectivity index (χ1n) is 15.1. The SMILES string of the molecule is N#CC(C#N)=C1c2ccccc2C(c2ccc(Br)cc2)(c2ccc3c(c2)c2ccccc2n3C2=CC=CCC2)c2ccccc21. The Labute approximate surface area is 270 Å². The van der Waals surface area contributed by atoms with Crippen LogP contribution in [0.5, 0.6) is 0 Å². The van der Waals surface area contributed by atoms with Gasteiger partial charge in [-0.05, 0) is 82.6 Å². The van der Waals surface area contributed by atoms with Crippen LogP contribution in [-0.2, 0) is 5.41 Å². The van der Waals surface area contributed by atoms with Crippen molar-refractivity contribution in [2.75, 3.05) is 0 Å². The van der Waals surface area contributed by atoms with Crippen LogP contribution in [-0.4, -0.2) is 4.57 Å². The number of hydrogen-bond donors (Lipinski definition) is 0. The predicted octanol–water partition coefficient (Wildman–Crippen LogP) is 10.3. The topological polar surface area (TPSA) is 52.5 Å². The van der Waals surface area contributed by atoms with Crippen LogP contribution < -0.4 is 0 Å². The van der Waals surface area contributed by atoms with Gasteiger partial charge >= 0.3 is 0 Å². The fourth-order valence-corrected chi connectivity index (χ4v) is 7.80. The van der Waals surface area contributed by atoms with E-state index >= 15 is 0 Å². The van der Waals surface area contributed by atoms with Gasteiger partial charge in [-0.3, -0.25) is 0 Å². The predicted molar refractivity (Wildman–Crippen MR) is 185 cm³/mol. The molecule has 0 spiro atoms. The molecule has 0 saturated heterocycles. The maximum Gasteiger partial charge on any atom is 0.138 e. The van der Waals surface area contributed by atoms with Gasteiger partial charge < -0.3 is 4.57 Å². The Kier molecular flexibility index (Phi) is 6.42. The number of nitriles is 2. The standard InChI is InChI=1S/C41H26BrN3/c42-30-21-18-28(19-22-30)41(36-15-7-4-13-33(36)40(27(25-43)26-44)34-14-5-8-16-37(34)41)29-20-23-39-35(24-29)32-12-6-9-17-38(32)45(39)31-10-2-1-3-11-31/h1-2,4-10,12-24H,3,11H2. The summed E-state index contributed by atoms with van der Waals surface area (Å²) in [7, 11) is 0. The van der Waals surface area contributed by atoms with E-state index in [0.717, 1.165) is 50.7 Å². The van der Waals surface area contributed by atoms with Gasteiger partial charge in [-0.1, -0.05) is 113 Å². The summed E-state index contributed by atoms with van der Waals surface area (Å²) in [6.45, 7) is 0. The number of hydrogen-bond acceptors (Lipinski definition) is 2. The largest absolute Gasteiger partial charge is 0.313 e. The second-order valence-electron chi connectivity index (χ2n) is 11.5.